The number of thiophene rings is 1. The average Bonchev–Trinajstić information content (AvgIpc) is 3.09. The molecule has 4 aromatic rings. The predicted octanol–water partition coefficient (Wildman–Crippen LogP) is 4.80. The first kappa shape index (κ1) is 14.5. The van der Waals surface area contributed by atoms with Gasteiger partial charge in [0, 0.05) is 39.1 Å². The number of aromatic nitrogens is 2. The van der Waals surface area contributed by atoms with Crippen LogP contribution in [0, 0.1) is 0 Å². The fourth-order valence-electron chi connectivity index (χ4n) is 2.42. The molecule has 1 N–H and O–H groups in total. The number of hydrogen-bond donors (Lipinski definition) is 1. The molecular formula is C19H14N4S. The maximum Gasteiger partial charge on any atom is 0.154 e. The number of fused-ring (bicyclic) bond motifs is 1. The van der Waals surface area contributed by atoms with Gasteiger partial charge in [0.25, 0.3) is 0 Å². The Morgan fingerprint density at radius 3 is 2.75 bits per heavy atom. The highest BCUT2D eigenvalue weighted by Crippen LogP contribution is 2.35. The molecule has 0 amide bonds. The van der Waals surface area contributed by atoms with E-state index in [-0.39, 0.29) is 0 Å². The first-order chi connectivity index (χ1) is 11.9. The molecule has 0 radical (unpaired) electrons. The van der Waals surface area contributed by atoms with Crippen LogP contribution in [0.3, 0.4) is 0 Å². The molecule has 0 aliphatic carbocycles. The maximum atomic E-state index is 4.41. The van der Waals surface area contributed by atoms with Crippen LogP contribution >= 0.6 is 11.3 Å². The summed E-state index contributed by atoms with van der Waals surface area (Å²) in [6.07, 6.45) is 7.04. The van der Waals surface area contributed by atoms with Gasteiger partial charge in [-0.25, -0.2) is 4.98 Å². The summed E-state index contributed by atoms with van der Waals surface area (Å²) in [7, 11) is 0. The third-order valence-electron chi connectivity index (χ3n) is 3.57. The van der Waals surface area contributed by atoms with Crippen LogP contribution in [0.4, 0.5) is 5.82 Å². The third kappa shape index (κ3) is 3.02. The van der Waals surface area contributed by atoms with Crippen molar-refractivity contribution in [3.05, 3.63) is 78.8 Å². The SMILES string of the molecule is C(=N\Nc1nccc2sc(-c3ccccc3)cc12)/c1cccnc1. The number of anilines is 1. The Bertz CT molecular complexity index is 978. The van der Waals surface area contributed by atoms with Gasteiger partial charge in [-0.3, -0.25) is 10.4 Å². The number of hydrogen-bond acceptors (Lipinski definition) is 5. The summed E-state index contributed by atoms with van der Waals surface area (Å²) in [5.74, 6) is 0.756. The Hall–Kier alpha value is -3.05. The second-order valence-electron chi connectivity index (χ2n) is 5.20. The van der Waals surface area contributed by atoms with Crippen molar-refractivity contribution in [2.24, 2.45) is 5.10 Å². The number of nitrogens with one attached hydrogen (secondary N) is 1. The molecule has 4 rings (SSSR count). The molecule has 3 heterocycles. The topological polar surface area (TPSA) is 50.2 Å². The van der Waals surface area contributed by atoms with Crippen molar-refractivity contribution in [3.8, 4) is 10.4 Å². The second-order valence-corrected chi connectivity index (χ2v) is 6.29. The number of nitrogens with zero attached hydrogens (tertiary/aromatic N) is 3. The summed E-state index contributed by atoms with van der Waals surface area (Å²) in [5, 5.41) is 5.34. The molecule has 24 heavy (non-hydrogen) atoms. The molecule has 0 saturated carbocycles. The van der Waals surface area contributed by atoms with E-state index < -0.39 is 0 Å². The Balaban J connectivity index is 1.64. The van der Waals surface area contributed by atoms with Gasteiger partial charge in [0.05, 0.1) is 6.21 Å². The van der Waals surface area contributed by atoms with Crippen LogP contribution in [0.2, 0.25) is 0 Å². The van der Waals surface area contributed by atoms with E-state index in [1.807, 2.05) is 24.3 Å². The van der Waals surface area contributed by atoms with Gasteiger partial charge in [-0.05, 0) is 23.8 Å². The molecule has 0 aliphatic heterocycles. The molecule has 0 atom stereocenters. The number of pyridine rings is 2. The Kier molecular flexibility index (Phi) is 4.00. The van der Waals surface area contributed by atoms with Crippen LogP contribution in [-0.2, 0) is 0 Å². The highest BCUT2D eigenvalue weighted by molar-refractivity contribution is 7.22. The van der Waals surface area contributed by atoms with Gasteiger partial charge >= 0.3 is 0 Å². The van der Waals surface area contributed by atoms with Crippen LogP contribution in [0.5, 0.6) is 0 Å². The summed E-state index contributed by atoms with van der Waals surface area (Å²) in [6.45, 7) is 0. The molecule has 3 aromatic heterocycles. The van der Waals surface area contributed by atoms with Crippen LogP contribution in [0.25, 0.3) is 20.5 Å². The second kappa shape index (κ2) is 6.60. The molecule has 0 unspecified atom stereocenters. The van der Waals surface area contributed by atoms with Gasteiger partial charge in [0.15, 0.2) is 5.82 Å². The molecule has 0 fully saturated rings. The van der Waals surface area contributed by atoms with Gasteiger partial charge in [-0.1, -0.05) is 36.4 Å². The normalized spacial score (nSPS) is 11.2. The van der Waals surface area contributed by atoms with Gasteiger partial charge in [0.2, 0.25) is 0 Å². The summed E-state index contributed by atoms with van der Waals surface area (Å²) in [6, 6.07) is 18.4. The standard InChI is InChI=1S/C19H14N4S/c1-2-6-15(7-3-1)18-11-16-17(24-18)8-10-21-19(16)23-22-13-14-5-4-9-20-12-14/h1-13H,(H,21,23)/b22-13+. The van der Waals surface area contributed by atoms with E-state index in [4.69, 9.17) is 0 Å². The van der Waals surface area contributed by atoms with Crippen molar-refractivity contribution in [3.63, 3.8) is 0 Å². The molecule has 4 nitrogen and oxygen atoms in total. The zero-order chi connectivity index (χ0) is 16.2. The first-order valence-corrected chi connectivity index (χ1v) is 8.35. The van der Waals surface area contributed by atoms with Crippen LogP contribution in [0.1, 0.15) is 5.56 Å². The molecule has 116 valence electrons. The van der Waals surface area contributed by atoms with Crippen LogP contribution in [-0.4, -0.2) is 16.2 Å². The minimum absolute atomic E-state index is 0.756. The molecule has 0 saturated heterocycles. The van der Waals surface area contributed by atoms with E-state index in [2.05, 4.69) is 50.8 Å². The lowest BCUT2D eigenvalue weighted by atomic mass is 10.2. The van der Waals surface area contributed by atoms with E-state index in [1.165, 1.54) is 15.1 Å². The smallest absolute Gasteiger partial charge is 0.154 e. The Morgan fingerprint density at radius 1 is 1.00 bits per heavy atom. The molecule has 0 bridgehead atoms. The van der Waals surface area contributed by atoms with Gasteiger partial charge in [0.1, 0.15) is 0 Å². The van der Waals surface area contributed by atoms with E-state index >= 15 is 0 Å². The van der Waals surface area contributed by atoms with E-state index in [1.54, 1.807) is 36.1 Å². The number of hydrazone groups is 1. The van der Waals surface area contributed by atoms with Gasteiger partial charge in [-0.2, -0.15) is 5.10 Å². The van der Waals surface area contributed by atoms with E-state index in [9.17, 15) is 0 Å². The summed E-state index contributed by atoms with van der Waals surface area (Å²) < 4.78 is 1.18. The minimum Gasteiger partial charge on any atom is -0.264 e. The molecule has 0 aliphatic rings. The molecule has 1 aromatic carbocycles. The van der Waals surface area contributed by atoms with Gasteiger partial charge < -0.3 is 0 Å². The van der Waals surface area contributed by atoms with E-state index in [0.717, 1.165) is 16.8 Å². The van der Waals surface area contributed by atoms with Crippen LogP contribution < -0.4 is 5.43 Å². The predicted molar refractivity (Wildman–Crippen MR) is 101 cm³/mol. The first-order valence-electron chi connectivity index (χ1n) is 7.53. The maximum absolute atomic E-state index is 4.41. The number of benzene rings is 1. The molecule has 5 heteroatoms. The van der Waals surface area contributed by atoms with Gasteiger partial charge in [-0.15, -0.1) is 11.3 Å². The lowest BCUT2D eigenvalue weighted by Crippen LogP contribution is -1.93. The lowest BCUT2D eigenvalue weighted by Gasteiger charge is -2.00. The van der Waals surface area contributed by atoms with E-state index in [0.29, 0.717) is 0 Å². The summed E-state index contributed by atoms with van der Waals surface area (Å²) in [5.41, 5.74) is 5.19. The highest BCUT2D eigenvalue weighted by Gasteiger charge is 2.08. The summed E-state index contributed by atoms with van der Waals surface area (Å²) in [4.78, 5) is 9.70. The van der Waals surface area contributed by atoms with Crippen molar-refractivity contribution < 1.29 is 0 Å². The zero-order valence-corrected chi connectivity index (χ0v) is 13.6. The van der Waals surface area contributed by atoms with Crippen molar-refractivity contribution in [2.45, 2.75) is 0 Å². The molecular weight excluding hydrogens is 316 g/mol. The largest absolute Gasteiger partial charge is 0.264 e. The minimum atomic E-state index is 0.756. The quantitative estimate of drug-likeness (QED) is 0.432. The van der Waals surface area contributed by atoms with Crippen LogP contribution in [0.15, 0.2) is 78.3 Å². The van der Waals surface area contributed by atoms with Crippen molar-refractivity contribution in [1.82, 2.24) is 9.97 Å². The monoisotopic (exact) mass is 330 g/mol. The third-order valence-corrected chi connectivity index (χ3v) is 4.72. The van der Waals surface area contributed by atoms with Crippen molar-refractivity contribution in [1.29, 1.82) is 0 Å². The summed E-state index contributed by atoms with van der Waals surface area (Å²) >= 11 is 1.75. The lowest BCUT2D eigenvalue weighted by molar-refractivity contribution is 1.25. The highest BCUT2D eigenvalue weighted by atomic mass is 32.1. The Morgan fingerprint density at radius 2 is 1.92 bits per heavy atom. The van der Waals surface area contributed by atoms with Crippen molar-refractivity contribution in [2.75, 3.05) is 5.43 Å². The number of rotatable bonds is 4. The molecule has 0 spiro atoms. The Labute approximate surface area is 143 Å². The van der Waals surface area contributed by atoms with Crippen molar-refractivity contribution >= 4 is 33.5 Å². The zero-order valence-electron chi connectivity index (χ0n) is 12.8. The fourth-order valence-corrected chi connectivity index (χ4v) is 3.48. The average molecular weight is 330 g/mol. The fraction of sp³-hybridized carbons (Fsp3) is 0.